The zero-order valence-corrected chi connectivity index (χ0v) is 16.3. The maximum atomic E-state index is 12.5. The molecule has 142 valence electrons. The lowest BCUT2D eigenvalue weighted by molar-refractivity contribution is 0.0951. The first-order chi connectivity index (χ1) is 13.1. The number of carbonyl (C=O) groups excluding carboxylic acids is 1. The number of fused-ring (bicyclic) bond motifs is 1. The summed E-state index contributed by atoms with van der Waals surface area (Å²) in [4.78, 5) is 14.8. The highest BCUT2D eigenvalue weighted by Crippen LogP contribution is 2.14. The summed E-state index contributed by atoms with van der Waals surface area (Å²) < 4.78 is 1.82. The van der Waals surface area contributed by atoms with Crippen molar-refractivity contribution in [2.75, 3.05) is 13.1 Å². The zero-order chi connectivity index (χ0) is 19.2. The fraction of sp³-hybridized carbons (Fsp3) is 0.381. The van der Waals surface area contributed by atoms with E-state index in [0.717, 1.165) is 42.8 Å². The van der Waals surface area contributed by atoms with Crippen LogP contribution in [0.1, 0.15) is 42.3 Å². The molecule has 0 saturated carbocycles. The molecule has 3 rings (SSSR count). The number of aromatic nitrogens is 3. The van der Waals surface area contributed by atoms with Crippen LogP contribution in [0.15, 0.2) is 42.5 Å². The van der Waals surface area contributed by atoms with Gasteiger partial charge in [-0.15, -0.1) is 5.10 Å². The summed E-state index contributed by atoms with van der Waals surface area (Å²) in [7, 11) is 0. The first-order valence-electron chi connectivity index (χ1n) is 9.56. The molecule has 6 nitrogen and oxygen atoms in total. The van der Waals surface area contributed by atoms with E-state index in [4.69, 9.17) is 0 Å². The Morgan fingerprint density at radius 2 is 1.74 bits per heavy atom. The topological polar surface area (TPSA) is 63.1 Å². The molecule has 0 atom stereocenters. The summed E-state index contributed by atoms with van der Waals surface area (Å²) in [5, 5.41) is 11.2. The number of hydrogen-bond acceptors (Lipinski definition) is 4. The van der Waals surface area contributed by atoms with E-state index < -0.39 is 0 Å². The number of nitrogens with one attached hydrogen (secondary N) is 1. The van der Waals surface area contributed by atoms with Crippen molar-refractivity contribution < 1.29 is 4.79 Å². The van der Waals surface area contributed by atoms with E-state index in [9.17, 15) is 4.79 Å². The van der Waals surface area contributed by atoms with Crippen molar-refractivity contribution in [3.05, 3.63) is 59.2 Å². The number of amides is 1. The van der Waals surface area contributed by atoms with Gasteiger partial charge in [-0.25, -0.2) is 4.68 Å². The highest BCUT2D eigenvalue weighted by Gasteiger charge is 2.10. The zero-order valence-electron chi connectivity index (χ0n) is 16.3. The van der Waals surface area contributed by atoms with E-state index in [-0.39, 0.29) is 5.91 Å². The molecule has 0 bridgehead atoms. The molecule has 0 unspecified atom stereocenters. The molecule has 27 heavy (non-hydrogen) atoms. The molecule has 1 aromatic heterocycles. The number of benzene rings is 2. The fourth-order valence-corrected chi connectivity index (χ4v) is 3.10. The number of nitrogens with zero attached hydrogens (tertiary/aromatic N) is 4. The third-order valence-electron chi connectivity index (χ3n) is 4.85. The quantitative estimate of drug-likeness (QED) is 0.666. The van der Waals surface area contributed by atoms with Gasteiger partial charge in [-0.05, 0) is 49.3 Å². The van der Waals surface area contributed by atoms with Gasteiger partial charge in [0.15, 0.2) is 0 Å². The fourth-order valence-electron chi connectivity index (χ4n) is 3.10. The Hall–Kier alpha value is -2.73. The Balaban J connectivity index is 1.60. The van der Waals surface area contributed by atoms with Crippen molar-refractivity contribution in [2.45, 2.75) is 40.4 Å². The monoisotopic (exact) mass is 365 g/mol. The molecule has 0 spiro atoms. The van der Waals surface area contributed by atoms with Crippen LogP contribution in [-0.2, 0) is 19.6 Å². The van der Waals surface area contributed by atoms with Crippen LogP contribution in [-0.4, -0.2) is 38.9 Å². The summed E-state index contributed by atoms with van der Waals surface area (Å²) in [6, 6.07) is 13.9. The van der Waals surface area contributed by atoms with Gasteiger partial charge < -0.3 is 5.32 Å². The highest BCUT2D eigenvalue weighted by molar-refractivity contribution is 5.97. The molecular weight excluding hydrogens is 338 g/mol. The standard InChI is InChI=1S/C21H27N5O/c1-4-25(5-2)15-17-9-7-16(8-10-17)14-22-21(27)18-11-12-20-19(13-18)23-24-26(20)6-3/h7-13H,4-6,14-15H2,1-3H3,(H,22,27). The van der Waals surface area contributed by atoms with Crippen molar-refractivity contribution in [1.82, 2.24) is 25.2 Å². The van der Waals surface area contributed by atoms with E-state index >= 15 is 0 Å². The molecule has 0 aliphatic heterocycles. The Morgan fingerprint density at radius 3 is 2.41 bits per heavy atom. The molecule has 1 amide bonds. The van der Waals surface area contributed by atoms with E-state index in [0.29, 0.717) is 12.1 Å². The largest absolute Gasteiger partial charge is 0.348 e. The maximum absolute atomic E-state index is 12.5. The minimum atomic E-state index is -0.102. The van der Waals surface area contributed by atoms with E-state index in [1.165, 1.54) is 5.56 Å². The van der Waals surface area contributed by atoms with Crippen molar-refractivity contribution in [1.29, 1.82) is 0 Å². The summed E-state index contributed by atoms with van der Waals surface area (Å²) >= 11 is 0. The smallest absolute Gasteiger partial charge is 0.251 e. The lowest BCUT2D eigenvalue weighted by atomic mass is 10.1. The van der Waals surface area contributed by atoms with Crippen LogP contribution in [0.3, 0.4) is 0 Å². The van der Waals surface area contributed by atoms with Crippen LogP contribution >= 0.6 is 0 Å². The molecule has 1 N–H and O–H groups in total. The van der Waals surface area contributed by atoms with Gasteiger partial charge in [0.05, 0.1) is 5.52 Å². The van der Waals surface area contributed by atoms with Gasteiger partial charge in [0, 0.05) is 25.2 Å². The molecule has 0 aliphatic rings. The predicted octanol–water partition coefficient (Wildman–Crippen LogP) is 3.22. The summed E-state index contributed by atoms with van der Waals surface area (Å²) in [5.41, 5.74) is 4.66. The number of rotatable bonds is 8. The minimum absolute atomic E-state index is 0.102. The number of aryl methyl sites for hydroxylation is 1. The van der Waals surface area contributed by atoms with Gasteiger partial charge in [-0.3, -0.25) is 9.69 Å². The van der Waals surface area contributed by atoms with E-state index in [1.807, 2.05) is 23.7 Å². The Kier molecular flexibility index (Phi) is 6.19. The first kappa shape index (κ1) is 19.0. The third kappa shape index (κ3) is 4.52. The molecule has 0 radical (unpaired) electrons. The second kappa shape index (κ2) is 8.77. The molecule has 0 fully saturated rings. The highest BCUT2D eigenvalue weighted by atomic mass is 16.1. The van der Waals surface area contributed by atoms with Gasteiger partial charge in [0.1, 0.15) is 5.52 Å². The summed E-state index contributed by atoms with van der Waals surface area (Å²) in [6.07, 6.45) is 0. The molecule has 0 aliphatic carbocycles. The Bertz CT molecular complexity index is 897. The summed E-state index contributed by atoms with van der Waals surface area (Å²) in [6.45, 7) is 10.7. The Morgan fingerprint density at radius 1 is 1.04 bits per heavy atom. The number of carbonyl (C=O) groups is 1. The lowest BCUT2D eigenvalue weighted by Crippen LogP contribution is -2.23. The van der Waals surface area contributed by atoms with Crippen molar-refractivity contribution in [3.8, 4) is 0 Å². The van der Waals surface area contributed by atoms with Gasteiger partial charge in [-0.1, -0.05) is 43.3 Å². The second-order valence-corrected chi connectivity index (χ2v) is 6.57. The van der Waals surface area contributed by atoms with E-state index in [2.05, 4.69) is 58.6 Å². The molecule has 1 heterocycles. The average Bonchev–Trinajstić information content (AvgIpc) is 3.13. The average molecular weight is 365 g/mol. The molecule has 2 aromatic carbocycles. The molecule has 0 saturated heterocycles. The van der Waals surface area contributed by atoms with Crippen molar-refractivity contribution >= 4 is 16.9 Å². The summed E-state index contributed by atoms with van der Waals surface area (Å²) in [5.74, 6) is -0.102. The van der Waals surface area contributed by atoms with Crippen molar-refractivity contribution in [3.63, 3.8) is 0 Å². The maximum Gasteiger partial charge on any atom is 0.251 e. The van der Waals surface area contributed by atoms with Gasteiger partial charge in [0.25, 0.3) is 5.91 Å². The first-order valence-corrected chi connectivity index (χ1v) is 9.56. The molecule has 3 aromatic rings. The van der Waals surface area contributed by atoms with Crippen molar-refractivity contribution in [2.24, 2.45) is 0 Å². The van der Waals surface area contributed by atoms with Gasteiger partial charge >= 0.3 is 0 Å². The van der Waals surface area contributed by atoms with Crippen LogP contribution in [0.5, 0.6) is 0 Å². The van der Waals surface area contributed by atoms with Crippen LogP contribution in [0, 0.1) is 0 Å². The van der Waals surface area contributed by atoms with Crippen LogP contribution in [0.4, 0.5) is 0 Å². The Labute approximate surface area is 160 Å². The van der Waals surface area contributed by atoms with Crippen LogP contribution in [0.25, 0.3) is 11.0 Å². The van der Waals surface area contributed by atoms with Gasteiger partial charge in [0.2, 0.25) is 0 Å². The van der Waals surface area contributed by atoms with Crippen LogP contribution in [0.2, 0.25) is 0 Å². The third-order valence-corrected chi connectivity index (χ3v) is 4.85. The van der Waals surface area contributed by atoms with Gasteiger partial charge in [-0.2, -0.15) is 0 Å². The van der Waals surface area contributed by atoms with Crippen LogP contribution < -0.4 is 5.32 Å². The molecule has 6 heteroatoms. The lowest BCUT2D eigenvalue weighted by Gasteiger charge is -2.18. The normalized spacial score (nSPS) is 11.3. The second-order valence-electron chi connectivity index (χ2n) is 6.57. The van der Waals surface area contributed by atoms with E-state index in [1.54, 1.807) is 6.07 Å². The SMILES string of the molecule is CCN(CC)Cc1ccc(CNC(=O)c2ccc3c(c2)nnn3CC)cc1. The minimum Gasteiger partial charge on any atom is -0.348 e. The predicted molar refractivity (Wildman–Crippen MR) is 107 cm³/mol. The molecular formula is C21H27N5O. The number of hydrogen-bond donors (Lipinski definition) is 1.